The molecule has 8 rings (SSSR count). The summed E-state index contributed by atoms with van der Waals surface area (Å²) in [4.78, 5) is 39.9. The molecule has 0 unspecified atom stereocenters. The van der Waals surface area contributed by atoms with Gasteiger partial charge in [0.1, 0.15) is 17.7 Å². The summed E-state index contributed by atoms with van der Waals surface area (Å²) in [5.41, 5.74) is 1.26. The molecule has 238 valence electrons. The molecule has 12 nitrogen and oxygen atoms in total. The van der Waals surface area contributed by atoms with Crippen LogP contribution >= 0.6 is 0 Å². The van der Waals surface area contributed by atoms with Crippen LogP contribution in [0.15, 0.2) is 65.6 Å². The van der Waals surface area contributed by atoms with Crippen LogP contribution in [0.2, 0.25) is 0 Å². The van der Waals surface area contributed by atoms with E-state index in [9.17, 15) is 27.2 Å². The number of halogens is 1. The van der Waals surface area contributed by atoms with Crippen LogP contribution in [-0.2, 0) is 32.6 Å². The molecule has 0 aliphatic carbocycles. The number of ether oxygens (including phenoxy) is 3. The number of nitrogens with two attached hydrogens (primary N) is 1. The highest BCUT2D eigenvalue weighted by Crippen LogP contribution is 2.29. The summed E-state index contributed by atoms with van der Waals surface area (Å²) in [5.74, 6) is -1.04. The van der Waals surface area contributed by atoms with Gasteiger partial charge in [0.25, 0.3) is 11.8 Å². The summed E-state index contributed by atoms with van der Waals surface area (Å²) in [5, 5.41) is 11.0. The van der Waals surface area contributed by atoms with Gasteiger partial charge in [-0.1, -0.05) is 18.2 Å². The Morgan fingerprint density at radius 2 is 1.78 bits per heavy atom. The number of piperidine rings is 1. The zero-order valence-corrected chi connectivity index (χ0v) is 25.3. The van der Waals surface area contributed by atoms with E-state index in [1.807, 2.05) is 12.1 Å². The highest BCUT2D eigenvalue weighted by Gasteiger charge is 2.35. The molecule has 3 aromatic carbocycles. The summed E-state index contributed by atoms with van der Waals surface area (Å²) in [6.45, 7) is 0.0299. The van der Waals surface area contributed by atoms with Crippen molar-refractivity contribution in [2.24, 2.45) is 5.14 Å². The summed E-state index contributed by atoms with van der Waals surface area (Å²) in [6, 6.07) is 14.4. The number of nitrogens with one attached hydrogen (secondary N) is 2. The molecule has 4 bridgehead atoms. The monoisotopic (exact) mass is 640 g/mol. The molecule has 5 aliphatic rings. The lowest BCUT2D eigenvalue weighted by atomic mass is 10.00. The molecule has 0 spiro atoms. The Kier molecular flexibility index (Phi) is 9.54. The molecule has 1 fully saturated rings. The zero-order valence-electron chi connectivity index (χ0n) is 24.5. The van der Waals surface area contributed by atoms with Crippen molar-refractivity contribution in [3.05, 3.63) is 83.2 Å². The number of rotatable bonds is 3. The minimum atomic E-state index is -4.18. The normalized spacial score (nSPS) is 19.4. The summed E-state index contributed by atoms with van der Waals surface area (Å²) in [6.07, 6.45) is 0.439. The fourth-order valence-electron chi connectivity index (χ4n) is 5.20. The van der Waals surface area contributed by atoms with Crippen LogP contribution in [0.25, 0.3) is 0 Å². The topological polar surface area (TPSA) is 166 Å². The molecule has 1 saturated heterocycles. The maximum atomic E-state index is 14.7. The number of methoxy groups -OCH3 is 1. The lowest BCUT2D eigenvalue weighted by Crippen LogP contribution is -2.58. The number of sulfonamides is 1. The summed E-state index contributed by atoms with van der Waals surface area (Å²) >= 11 is 0. The van der Waals surface area contributed by atoms with Gasteiger partial charge in [0.05, 0.1) is 23.6 Å². The molecule has 45 heavy (non-hydrogen) atoms. The minimum absolute atomic E-state index is 0.0591. The summed E-state index contributed by atoms with van der Waals surface area (Å²) in [7, 11) is -2.71. The molecule has 4 N–H and O–H groups in total. The van der Waals surface area contributed by atoms with E-state index in [4.69, 9.17) is 19.3 Å². The molecular weight excluding hydrogens is 607 g/mol. The second kappa shape index (κ2) is 13.5. The number of carbonyl (C=O) groups is 3. The van der Waals surface area contributed by atoms with Crippen molar-refractivity contribution in [3.8, 4) is 17.2 Å². The molecule has 3 amide bonds. The Balaban J connectivity index is 1.40. The number of hydrogen-bond donors (Lipinski definition) is 3. The third-order valence-corrected chi connectivity index (χ3v) is 8.52. The van der Waals surface area contributed by atoms with Crippen molar-refractivity contribution in [3.63, 3.8) is 0 Å². The highest BCUT2D eigenvalue weighted by molar-refractivity contribution is 7.89. The second-order valence-electron chi connectivity index (χ2n) is 10.8. The van der Waals surface area contributed by atoms with E-state index in [0.717, 1.165) is 29.3 Å². The number of primary sulfonamides is 1. The molecule has 5 aliphatic heterocycles. The summed E-state index contributed by atoms with van der Waals surface area (Å²) < 4.78 is 55.7. The quantitative estimate of drug-likeness (QED) is 0.391. The van der Waals surface area contributed by atoms with Crippen molar-refractivity contribution in [2.75, 3.05) is 26.8 Å². The van der Waals surface area contributed by atoms with Crippen LogP contribution in [0.5, 0.6) is 17.2 Å². The van der Waals surface area contributed by atoms with Crippen molar-refractivity contribution < 1.29 is 41.4 Å². The molecule has 2 atom stereocenters. The SMILES string of the molecule is COc1cc2ccc1OCC(=O)N[C@@H]1CN(C(=O)c3cc(S(N)(=O)=O)ccc3F)CC[C@H]1Oc1ccc(cc1)CNC(=O)CC2. The Morgan fingerprint density at radius 1 is 1.02 bits per heavy atom. The Morgan fingerprint density at radius 3 is 2.51 bits per heavy atom. The number of nitrogens with zero attached hydrogens (tertiary/aromatic N) is 1. The third kappa shape index (κ3) is 7.88. The van der Waals surface area contributed by atoms with Gasteiger partial charge in [0.15, 0.2) is 18.1 Å². The Labute approximate surface area is 259 Å². The predicted octanol–water partition coefficient (Wildman–Crippen LogP) is 1.90. The number of likely N-dealkylation sites (tertiary alicyclic amines) is 1. The van der Waals surface area contributed by atoms with Gasteiger partial charge in [-0.05, 0) is 60.0 Å². The highest BCUT2D eigenvalue weighted by atomic mass is 32.2. The van der Waals surface area contributed by atoms with E-state index >= 15 is 0 Å². The number of aryl methyl sites for hydroxylation is 1. The van der Waals surface area contributed by atoms with Crippen LogP contribution in [-0.4, -0.2) is 70.0 Å². The van der Waals surface area contributed by atoms with Gasteiger partial charge in [-0.2, -0.15) is 0 Å². The van der Waals surface area contributed by atoms with E-state index < -0.39 is 50.3 Å². The van der Waals surface area contributed by atoms with E-state index in [-0.39, 0.29) is 38.4 Å². The first-order valence-corrected chi connectivity index (χ1v) is 15.8. The van der Waals surface area contributed by atoms with Crippen LogP contribution < -0.4 is 30.0 Å². The molecule has 14 heteroatoms. The lowest BCUT2D eigenvalue weighted by Gasteiger charge is -2.39. The van der Waals surface area contributed by atoms with Gasteiger partial charge in [-0.25, -0.2) is 17.9 Å². The van der Waals surface area contributed by atoms with Gasteiger partial charge in [0, 0.05) is 32.5 Å². The fraction of sp³-hybridized carbons (Fsp3) is 0.323. The molecule has 0 aromatic heterocycles. The lowest BCUT2D eigenvalue weighted by molar-refractivity contribution is -0.125. The second-order valence-corrected chi connectivity index (χ2v) is 12.3. The first kappa shape index (κ1) is 31.7. The molecule has 0 saturated carbocycles. The van der Waals surface area contributed by atoms with Crippen molar-refractivity contribution in [2.45, 2.75) is 42.8 Å². The molecular formula is C31H33FN4O8S. The van der Waals surface area contributed by atoms with E-state index in [1.165, 1.54) is 12.0 Å². The first-order chi connectivity index (χ1) is 21.5. The van der Waals surface area contributed by atoms with E-state index in [1.54, 1.807) is 30.3 Å². The predicted molar refractivity (Wildman–Crippen MR) is 160 cm³/mol. The molecule has 0 radical (unpaired) electrons. The standard InChI is InChI=1S/C31H33FN4O8S/c1-42-28-14-19-4-10-27(28)43-18-30(38)35-25-17-36(31(39)23-15-22(45(33,40)41)8-9-24(23)32)13-12-26(25)44-21-6-2-20(3-7-21)16-34-29(37)11-5-19/h2-4,6-10,14-15,25-26H,5,11-13,16-18H2,1H3,(H,34,37)(H,35,38)(H2,33,40,41)/t25-,26-/m1/s1. The Bertz CT molecular complexity index is 1700. The number of amides is 3. The molecule has 3 aromatic rings. The van der Waals surface area contributed by atoms with Crippen LogP contribution in [0, 0.1) is 5.82 Å². The molecule has 5 heterocycles. The van der Waals surface area contributed by atoms with Crippen molar-refractivity contribution in [1.29, 1.82) is 0 Å². The van der Waals surface area contributed by atoms with Gasteiger partial charge in [0.2, 0.25) is 15.9 Å². The number of carbonyl (C=O) groups excluding carboxylic acids is 3. The maximum absolute atomic E-state index is 14.7. The van der Waals surface area contributed by atoms with Gasteiger partial charge in [-0.3, -0.25) is 14.4 Å². The van der Waals surface area contributed by atoms with Gasteiger partial charge in [-0.15, -0.1) is 0 Å². The largest absolute Gasteiger partial charge is 0.493 e. The number of hydrogen-bond acceptors (Lipinski definition) is 8. The fourth-order valence-corrected chi connectivity index (χ4v) is 5.74. The van der Waals surface area contributed by atoms with Crippen LogP contribution in [0.4, 0.5) is 4.39 Å². The first-order valence-electron chi connectivity index (χ1n) is 14.2. The van der Waals surface area contributed by atoms with Gasteiger partial charge < -0.3 is 29.7 Å². The number of benzene rings is 3. The zero-order chi connectivity index (χ0) is 32.1. The Hall–Kier alpha value is -4.69. The van der Waals surface area contributed by atoms with Crippen LogP contribution in [0.3, 0.4) is 0 Å². The van der Waals surface area contributed by atoms with Crippen molar-refractivity contribution >= 4 is 27.7 Å². The third-order valence-electron chi connectivity index (χ3n) is 7.61. The average Bonchev–Trinajstić information content (AvgIpc) is 3.02. The van der Waals surface area contributed by atoms with Crippen molar-refractivity contribution in [1.82, 2.24) is 15.5 Å². The smallest absolute Gasteiger partial charge is 0.258 e. The van der Waals surface area contributed by atoms with E-state index in [2.05, 4.69) is 10.6 Å². The average molecular weight is 641 g/mol. The van der Waals surface area contributed by atoms with E-state index in [0.29, 0.717) is 30.2 Å². The van der Waals surface area contributed by atoms with Gasteiger partial charge >= 0.3 is 0 Å². The minimum Gasteiger partial charge on any atom is -0.493 e. The van der Waals surface area contributed by atoms with Crippen LogP contribution in [0.1, 0.15) is 34.3 Å². The maximum Gasteiger partial charge on any atom is 0.258 e.